The van der Waals surface area contributed by atoms with Gasteiger partial charge in [0.1, 0.15) is 6.04 Å². The van der Waals surface area contributed by atoms with Crippen LogP contribution >= 0.6 is 0 Å². The Hall–Kier alpha value is -0.690. The smallest absolute Gasteiger partial charge is 0.320 e. The number of aliphatic carboxylic acids is 1. The highest BCUT2D eigenvalue weighted by Gasteiger charge is 2.28. The second-order valence-corrected chi connectivity index (χ2v) is 4.67. The van der Waals surface area contributed by atoms with Crippen LogP contribution in [-0.2, 0) is 14.3 Å². The van der Waals surface area contributed by atoms with Crippen molar-refractivity contribution >= 4 is 5.97 Å². The first-order valence-corrected chi connectivity index (χ1v) is 6.74. The van der Waals surface area contributed by atoms with Crippen LogP contribution in [0.2, 0.25) is 0 Å². The number of hydrogen-bond donors (Lipinski definition) is 2. The highest BCUT2D eigenvalue weighted by Crippen LogP contribution is 2.13. The predicted molar refractivity (Wildman–Crippen MR) is 74.2 cm³/mol. The van der Waals surface area contributed by atoms with Crippen LogP contribution in [0.4, 0.5) is 0 Å². The van der Waals surface area contributed by atoms with E-state index in [4.69, 9.17) is 15.2 Å². The van der Waals surface area contributed by atoms with Gasteiger partial charge in [-0.2, -0.15) is 0 Å². The van der Waals surface area contributed by atoms with Gasteiger partial charge in [-0.3, -0.25) is 9.69 Å². The summed E-state index contributed by atoms with van der Waals surface area (Å²) in [5, 5.41) is 9.40. The zero-order valence-corrected chi connectivity index (χ0v) is 12.3. The quantitative estimate of drug-likeness (QED) is 0.506. The van der Waals surface area contributed by atoms with Crippen LogP contribution in [0.15, 0.2) is 0 Å². The van der Waals surface area contributed by atoms with Gasteiger partial charge in [-0.05, 0) is 26.3 Å². The molecule has 0 aromatic carbocycles. The topological polar surface area (TPSA) is 85.0 Å². The fourth-order valence-electron chi connectivity index (χ4n) is 2.13. The number of unbranched alkanes of at least 4 members (excludes halogenated alkanes) is 1. The molecule has 3 N–H and O–H groups in total. The van der Waals surface area contributed by atoms with E-state index in [0.717, 1.165) is 12.8 Å². The Labute approximate surface area is 115 Å². The minimum atomic E-state index is -0.795. The molecule has 2 atom stereocenters. The molecule has 0 spiro atoms. The van der Waals surface area contributed by atoms with Crippen LogP contribution in [-0.4, -0.2) is 68.6 Å². The van der Waals surface area contributed by atoms with Gasteiger partial charge in [-0.15, -0.1) is 0 Å². The summed E-state index contributed by atoms with van der Waals surface area (Å²) in [7, 11) is 3.23. The van der Waals surface area contributed by atoms with Crippen molar-refractivity contribution in [3.05, 3.63) is 0 Å². The molecule has 0 aromatic heterocycles. The maximum absolute atomic E-state index is 11.5. The molecule has 6 heteroatoms. The first-order valence-electron chi connectivity index (χ1n) is 6.74. The molecule has 114 valence electrons. The molecule has 0 saturated carbocycles. The number of carbonyl (C=O) groups is 1. The van der Waals surface area contributed by atoms with Crippen molar-refractivity contribution in [2.75, 3.05) is 40.5 Å². The highest BCUT2D eigenvalue weighted by molar-refractivity contribution is 5.73. The summed E-state index contributed by atoms with van der Waals surface area (Å²) in [6, 6.07) is -0.467. The van der Waals surface area contributed by atoms with Crippen LogP contribution in [0.1, 0.15) is 26.2 Å². The Morgan fingerprint density at radius 1 is 1.32 bits per heavy atom. The lowest BCUT2D eigenvalue weighted by Gasteiger charge is -2.33. The molecule has 0 aliphatic carbocycles. The molecule has 0 saturated heterocycles. The van der Waals surface area contributed by atoms with Gasteiger partial charge in [0.2, 0.25) is 0 Å². The standard InChI is InChI=1S/C13H28N2O4/c1-11(10-19-3)15(8-9-18-2)12(13(16)17)6-4-5-7-14/h11-12H,4-10,14H2,1-3H3,(H,16,17). The van der Waals surface area contributed by atoms with Gasteiger partial charge < -0.3 is 20.3 Å². The molecule has 0 bridgehead atoms. The monoisotopic (exact) mass is 276 g/mol. The third-order valence-electron chi connectivity index (χ3n) is 3.14. The normalized spacial score (nSPS) is 14.6. The van der Waals surface area contributed by atoms with Gasteiger partial charge in [0, 0.05) is 26.8 Å². The van der Waals surface area contributed by atoms with Gasteiger partial charge in [0.15, 0.2) is 0 Å². The van der Waals surface area contributed by atoms with E-state index in [9.17, 15) is 9.90 Å². The summed E-state index contributed by atoms with van der Waals surface area (Å²) in [6.45, 7) is 4.16. The van der Waals surface area contributed by atoms with Crippen molar-refractivity contribution < 1.29 is 19.4 Å². The Kier molecular flexibility index (Phi) is 10.8. The number of hydrogen-bond acceptors (Lipinski definition) is 5. The van der Waals surface area contributed by atoms with Crippen LogP contribution in [0.5, 0.6) is 0 Å². The Morgan fingerprint density at radius 2 is 2.00 bits per heavy atom. The molecule has 0 amide bonds. The zero-order chi connectivity index (χ0) is 14.7. The van der Waals surface area contributed by atoms with Crippen LogP contribution in [0.25, 0.3) is 0 Å². The van der Waals surface area contributed by atoms with E-state index in [0.29, 0.717) is 32.7 Å². The number of nitrogens with zero attached hydrogens (tertiary/aromatic N) is 1. The number of methoxy groups -OCH3 is 2. The first-order chi connectivity index (χ1) is 9.08. The van der Waals surface area contributed by atoms with E-state index in [1.807, 2.05) is 11.8 Å². The molecule has 2 unspecified atom stereocenters. The molecule has 0 aliphatic heterocycles. The Bertz CT molecular complexity index is 239. The van der Waals surface area contributed by atoms with Gasteiger partial charge in [-0.25, -0.2) is 0 Å². The van der Waals surface area contributed by atoms with Gasteiger partial charge in [0.05, 0.1) is 13.2 Å². The van der Waals surface area contributed by atoms with Gasteiger partial charge >= 0.3 is 5.97 Å². The van der Waals surface area contributed by atoms with Crippen molar-refractivity contribution in [1.29, 1.82) is 0 Å². The van der Waals surface area contributed by atoms with E-state index in [1.165, 1.54) is 0 Å². The summed E-state index contributed by atoms with van der Waals surface area (Å²) in [5.74, 6) is -0.795. The number of rotatable bonds is 12. The van der Waals surface area contributed by atoms with Crippen molar-refractivity contribution in [2.45, 2.75) is 38.3 Å². The fourth-order valence-corrected chi connectivity index (χ4v) is 2.13. The third kappa shape index (κ3) is 7.47. The molecule has 19 heavy (non-hydrogen) atoms. The van der Waals surface area contributed by atoms with E-state index < -0.39 is 12.0 Å². The number of carboxylic acids is 1. The fraction of sp³-hybridized carbons (Fsp3) is 0.923. The molecular formula is C13H28N2O4. The third-order valence-corrected chi connectivity index (χ3v) is 3.14. The van der Waals surface area contributed by atoms with Crippen molar-refractivity contribution in [1.82, 2.24) is 4.90 Å². The Balaban J connectivity index is 4.64. The first kappa shape index (κ1) is 18.3. The predicted octanol–water partition coefficient (Wildman–Crippen LogP) is 0.552. The second-order valence-electron chi connectivity index (χ2n) is 4.67. The Morgan fingerprint density at radius 3 is 2.47 bits per heavy atom. The van der Waals surface area contributed by atoms with E-state index in [1.54, 1.807) is 14.2 Å². The molecule has 0 heterocycles. The largest absolute Gasteiger partial charge is 0.480 e. The number of nitrogens with two attached hydrogens (primary N) is 1. The summed E-state index contributed by atoms with van der Waals surface area (Å²) in [4.78, 5) is 13.4. The maximum atomic E-state index is 11.5. The summed E-state index contributed by atoms with van der Waals surface area (Å²) >= 11 is 0. The minimum absolute atomic E-state index is 0.0409. The summed E-state index contributed by atoms with van der Waals surface area (Å²) in [5.41, 5.74) is 5.45. The number of ether oxygens (including phenoxy) is 2. The lowest BCUT2D eigenvalue weighted by atomic mass is 10.1. The van der Waals surface area contributed by atoms with Crippen molar-refractivity contribution in [3.8, 4) is 0 Å². The van der Waals surface area contributed by atoms with E-state index in [2.05, 4.69) is 0 Å². The molecule has 0 rings (SSSR count). The highest BCUT2D eigenvalue weighted by atomic mass is 16.5. The van der Waals surface area contributed by atoms with Crippen LogP contribution in [0, 0.1) is 0 Å². The summed E-state index contributed by atoms with van der Waals surface area (Å²) in [6.07, 6.45) is 2.27. The SMILES string of the molecule is COCCN(C(C)COC)C(CCCCN)C(=O)O. The van der Waals surface area contributed by atoms with Gasteiger partial charge in [-0.1, -0.05) is 6.42 Å². The van der Waals surface area contributed by atoms with Crippen molar-refractivity contribution in [2.24, 2.45) is 5.73 Å². The summed E-state index contributed by atoms with van der Waals surface area (Å²) < 4.78 is 10.2. The lowest BCUT2D eigenvalue weighted by molar-refractivity contribution is -0.145. The lowest BCUT2D eigenvalue weighted by Crippen LogP contribution is -2.49. The number of carboxylic acid groups (broad SMARTS) is 1. The van der Waals surface area contributed by atoms with Crippen LogP contribution in [0.3, 0.4) is 0 Å². The molecule has 0 aromatic rings. The van der Waals surface area contributed by atoms with E-state index >= 15 is 0 Å². The molecule has 0 aliphatic rings. The molecule has 0 fully saturated rings. The molecule has 0 radical (unpaired) electrons. The van der Waals surface area contributed by atoms with Gasteiger partial charge in [0.25, 0.3) is 0 Å². The minimum Gasteiger partial charge on any atom is -0.480 e. The van der Waals surface area contributed by atoms with Crippen LogP contribution < -0.4 is 5.73 Å². The average molecular weight is 276 g/mol. The molecular weight excluding hydrogens is 248 g/mol. The average Bonchev–Trinajstić information content (AvgIpc) is 2.37. The maximum Gasteiger partial charge on any atom is 0.320 e. The zero-order valence-electron chi connectivity index (χ0n) is 12.3. The van der Waals surface area contributed by atoms with E-state index in [-0.39, 0.29) is 6.04 Å². The van der Waals surface area contributed by atoms with Crippen molar-refractivity contribution in [3.63, 3.8) is 0 Å². The second kappa shape index (κ2) is 11.2. The molecule has 6 nitrogen and oxygen atoms in total.